The number of carbonyl (C=O) groups is 1. The Hall–Kier alpha value is -4.67. The fourth-order valence-electron chi connectivity index (χ4n) is 7.95. The Kier molecular flexibility index (Phi) is 11.8. The van der Waals surface area contributed by atoms with E-state index >= 15 is 0 Å². The lowest BCUT2D eigenvalue weighted by molar-refractivity contribution is -0.0429. The van der Waals surface area contributed by atoms with Crippen molar-refractivity contribution in [1.82, 2.24) is 0 Å². The molecule has 4 nitrogen and oxygen atoms in total. The van der Waals surface area contributed by atoms with Gasteiger partial charge in [-0.05, 0) is 113 Å². The Morgan fingerprint density at radius 3 is 1.48 bits per heavy atom. The van der Waals surface area contributed by atoms with Gasteiger partial charge in [0.05, 0.1) is 12.2 Å². The van der Waals surface area contributed by atoms with Crippen molar-refractivity contribution in [3.8, 4) is 28.0 Å². The number of ether oxygens (including phenoxy) is 3. The summed E-state index contributed by atoms with van der Waals surface area (Å²) in [6, 6.07) is 43.5. The minimum absolute atomic E-state index is 0.0439. The third-order valence-corrected chi connectivity index (χ3v) is 11.4. The van der Waals surface area contributed by atoms with Crippen molar-refractivity contribution in [3.63, 3.8) is 0 Å². The van der Waals surface area contributed by atoms with Crippen molar-refractivity contribution < 1.29 is 19.0 Å². The van der Waals surface area contributed by atoms with Crippen molar-refractivity contribution in [2.75, 3.05) is 13.4 Å². The molecular weight excluding hydrogens is 641 g/mol. The topological polar surface area (TPSA) is 44.8 Å². The van der Waals surface area contributed by atoms with Crippen LogP contribution in [0.25, 0.3) is 22.3 Å². The van der Waals surface area contributed by atoms with Crippen LogP contribution in [0.1, 0.15) is 110 Å². The van der Waals surface area contributed by atoms with Crippen molar-refractivity contribution in [1.29, 1.82) is 0 Å². The fraction of sp³-hybridized carbons (Fsp3) is 0.354. The van der Waals surface area contributed by atoms with Crippen LogP contribution in [-0.2, 0) is 9.47 Å². The Morgan fingerprint density at radius 2 is 1.00 bits per heavy atom. The quantitative estimate of drug-likeness (QED) is 0.0742. The molecule has 7 rings (SSSR count). The first-order valence-corrected chi connectivity index (χ1v) is 19.4. The van der Waals surface area contributed by atoms with E-state index in [-0.39, 0.29) is 19.4 Å². The summed E-state index contributed by atoms with van der Waals surface area (Å²) in [7, 11) is 0. The van der Waals surface area contributed by atoms with Crippen molar-refractivity contribution in [2.24, 2.45) is 11.8 Å². The highest BCUT2D eigenvalue weighted by Gasteiger charge is 2.22. The summed E-state index contributed by atoms with van der Waals surface area (Å²) in [5.74, 6) is 3.42. The van der Waals surface area contributed by atoms with Gasteiger partial charge < -0.3 is 14.2 Å². The van der Waals surface area contributed by atoms with E-state index in [1.807, 2.05) is 66.7 Å². The van der Waals surface area contributed by atoms with Crippen LogP contribution in [0.3, 0.4) is 0 Å². The third-order valence-electron chi connectivity index (χ3n) is 11.4. The van der Waals surface area contributed by atoms with Crippen LogP contribution in [-0.4, -0.2) is 19.4 Å². The van der Waals surface area contributed by atoms with Gasteiger partial charge in [0.25, 0.3) is 0 Å². The second-order valence-electron chi connectivity index (χ2n) is 15.2. The predicted molar refractivity (Wildman–Crippen MR) is 211 cm³/mol. The molecule has 0 aliphatic heterocycles. The molecule has 0 N–H and O–H groups in total. The summed E-state index contributed by atoms with van der Waals surface area (Å²) in [6.07, 6.45) is 9.89. The fourth-order valence-corrected chi connectivity index (χ4v) is 7.95. The molecule has 2 aliphatic rings. The zero-order valence-corrected chi connectivity index (χ0v) is 30.7. The summed E-state index contributed by atoms with van der Waals surface area (Å²) in [5.41, 5.74) is 8.87. The smallest absolute Gasteiger partial charge is 0.338 e. The van der Waals surface area contributed by atoms with Crippen LogP contribution in [0.4, 0.5) is 0 Å². The maximum Gasteiger partial charge on any atom is 0.338 e. The number of esters is 1. The lowest BCUT2D eigenvalue weighted by atomic mass is 9.79. The van der Waals surface area contributed by atoms with E-state index in [0.29, 0.717) is 17.4 Å². The van der Waals surface area contributed by atoms with E-state index in [2.05, 4.69) is 74.5 Å². The van der Waals surface area contributed by atoms with Crippen LogP contribution >= 0.6 is 0 Å². The largest absolute Gasteiger partial charge is 0.468 e. The highest BCUT2D eigenvalue weighted by Crippen LogP contribution is 2.37. The Labute approximate surface area is 310 Å². The van der Waals surface area contributed by atoms with E-state index < -0.39 is 6.10 Å². The Morgan fingerprint density at radius 1 is 0.558 bits per heavy atom. The third kappa shape index (κ3) is 9.21. The lowest BCUT2D eigenvalue weighted by Gasteiger charge is -2.26. The van der Waals surface area contributed by atoms with E-state index in [9.17, 15) is 4.79 Å². The molecule has 4 heteroatoms. The lowest BCUT2D eigenvalue weighted by Crippen LogP contribution is -2.18. The van der Waals surface area contributed by atoms with Crippen LogP contribution in [0, 0.1) is 11.8 Å². The van der Waals surface area contributed by atoms with E-state index in [0.717, 1.165) is 39.8 Å². The van der Waals surface area contributed by atoms with E-state index in [4.69, 9.17) is 14.2 Å². The zero-order valence-electron chi connectivity index (χ0n) is 30.7. The van der Waals surface area contributed by atoms with Gasteiger partial charge in [-0.25, -0.2) is 4.79 Å². The van der Waals surface area contributed by atoms with Crippen molar-refractivity contribution in [3.05, 3.63) is 150 Å². The maximum atomic E-state index is 13.3. The highest BCUT2D eigenvalue weighted by molar-refractivity contribution is 5.90. The first-order chi connectivity index (χ1) is 25.5. The van der Waals surface area contributed by atoms with E-state index in [1.54, 1.807) is 0 Å². The van der Waals surface area contributed by atoms with Crippen LogP contribution in [0.5, 0.6) is 5.75 Å². The minimum Gasteiger partial charge on any atom is -0.468 e. The molecule has 0 spiro atoms. The molecule has 1 unspecified atom stereocenters. The number of hydrogen-bond acceptors (Lipinski definition) is 4. The summed E-state index contributed by atoms with van der Waals surface area (Å²) < 4.78 is 17.8. The average Bonchev–Trinajstić information content (AvgIpc) is 3.20. The van der Waals surface area contributed by atoms with Gasteiger partial charge in [-0.15, -0.1) is 0 Å². The number of benzene rings is 5. The number of rotatable bonds is 12. The highest BCUT2D eigenvalue weighted by atomic mass is 16.7. The van der Waals surface area contributed by atoms with Crippen molar-refractivity contribution >= 4 is 5.97 Å². The van der Waals surface area contributed by atoms with E-state index in [1.165, 1.54) is 68.1 Å². The summed E-state index contributed by atoms with van der Waals surface area (Å²) in [5, 5.41) is 0. The number of hydrogen-bond donors (Lipinski definition) is 0. The first kappa shape index (κ1) is 35.7. The monoisotopic (exact) mass is 692 g/mol. The van der Waals surface area contributed by atoms with Gasteiger partial charge in [0.2, 0.25) is 0 Å². The molecule has 5 aromatic carbocycles. The standard InChI is InChI=1S/C48H52O4/c1-34-8-12-36(13-9-34)38-16-20-40(21-17-38)42-24-26-45(27-25-42)48(49)52-47(44-6-4-3-5-7-44)32-50-33-51-46-30-28-43(29-31-46)41-22-18-39(19-23-41)37-14-10-35(2)11-15-37/h3-7,16-31,34-37,47H,8-15,32-33H2,1-2H3. The molecule has 0 amide bonds. The molecule has 1 atom stereocenters. The van der Waals surface area contributed by atoms with Gasteiger partial charge in [-0.2, -0.15) is 0 Å². The molecule has 2 fully saturated rings. The summed E-state index contributed by atoms with van der Waals surface area (Å²) >= 11 is 0. The van der Waals surface area contributed by atoms with Gasteiger partial charge in [-0.3, -0.25) is 0 Å². The summed E-state index contributed by atoms with van der Waals surface area (Å²) in [4.78, 5) is 13.3. The second-order valence-corrected chi connectivity index (χ2v) is 15.2. The SMILES string of the molecule is CC1CCC(c2ccc(-c3ccc(OCOCC(OC(=O)c4ccc(-c5ccc(C6CCC(C)CC6)cc5)cc4)c4ccccc4)cc3)cc2)CC1. The Balaban J connectivity index is 0.907. The van der Waals surface area contributed by atoms with Crippen LogP contribution < -0.4 is 4.74 Å². The average molecular weight is 693 g/mol. The molecular formula is C48H52O4. The number of carbonyl (C=O) groups excluding carboxylic acids is 1. The van der Waals surface area contributed by atoms with Gasteiger partial charge >= 0.3 is 5.97 Å². The molecule has 5 aromatic rings. The van der Waals surface area contributed by atoms with Gasteiger partial charge in [-0.1, -0.05) is 143 Å². The second kappa shape index (κ2) is 17.2. The van der Waals surface area contributed by atoms with Crippen molar-refractivity contribution in [2.45, 2.75) is 83.2 Å². The first-order valence-electron chi connectivity index (χ1n) is 19.4. The molecule has 52 heavy (non-hydrogen) atoms. The zero-order chi connectivity index (χ0) is 35.7. The molecule has 0 radical (unpaired) electrons. The van der Waals surface area contributed by atoms with Crippen LogP contribution in [0.2, 0.25) is 0 Å². The minimum atomic E-state index is -0.574. The Bertz CT molecular complexity index is 1830. The van der Waals surface area contributed by atoms with Crippen LogP contribution in [0.15, 0.2) is 127 Å². The molecule has 2 aliphatic carbocycles. The molecule has 268 valence electrons. The predicted octanol–water partition coefficient (Wildman–Crippen LogP) is 12.6. The molecule has 2 saturated carbocycles. The van der Waals surface area contributed by atoms with Gasteiger partial charge in [0.15, 0.2) is 12.9 Å². The maximum absolute atomic E-state index is 13.3. The molecule has 0 bridgehead atoms. The molecule has 0 saturated heterocycles. The normalized spacial score (nSPS) is 20.9. The van der Waals surface area contributed by atoms with Gasteiger partial charge in [0.1, 0.15) is 5.75 Å². The molecule has 0 aromatic heterocycles. The summed E-state index contributed by atoms with van der Waals surface area (Å²) in [6.45, 7) is 4.95. The van der Waals surface area contributed by atoms with Gasteiger partial charge in [0, 0.05) is 0 Å². The molecule has 0 heterocycles.